The van der Waals surface area contributed by atoms with E-state index in [1.54, 1.807) is 32.0 Å². The number of fused-ring (bicyclic) bond motifs is 1. The number of methoxy groups -OCH3 is 2. The maximum atomic E-state index is 13.0. The van der Waals surface area contributed by atoms with Crippen LogP contribution in [0.3, 0.4) is 0 Å². The molecule has 3 N–H and O–H groups in total. The number of aromatic hydroxyl groups is 1. The van der Waals surface area contributed by atoms with Crippen molar-refractivity contribution in [2.45, 2.75) is 43.7 Å². The summed E-state index contributed by atoms with van der Waals surface area (Å²) in [5, 5.41) is 30.7. The minimum atomic E-state index is -1.96. The molecule has 2 aliphatic heterocycles. The average molecular weight is 470 g/mol. The van der Waals surface area contributed by atoms with Crippen LogP contribution in [0.1, 0.15) is 36.6 Å². The van der Waals surface area contributed by atoms with Crippen LogP contribution >= 0.6 is 0 Å². The summed E-state index contributed by atoms with van der Waals surface area (Å²) in [7, 11) is 2.67. The van der Waals surface area contributed by atoms with Crippen LogP contribution < -0.4 is 4.74 Å². The molecule has 34 heavy (non-hydrogen) atoms. The van der Waals surface area contributed by atoms with Crippen molar-refractivity contribution in [1.29, 1.82) is 0 Å². The van der Waals surface area contributed by atoms with Gasteiger partial charge in [0.2, 0.25) is 11.4 Å². The zero-order chi connectivity index (χ0) is 24.8. The van der Waals surface area contributed by atoms with Crippen LogP contribution in [0, 0.1) is 0 Å². The summed E-state index contributed by atoms with van der Waals surface area (Å²) >= 11 is 0. The highest BCUT2D eigenvalue weighted by atomic mass is 16.6. The highest BCUT2D eigenvalue weighted by Gasteiger charge is 2.56. The van der Waals surface area contributed by atoms with Gasteiger partial charge in [-0.05, 0) is 49.2 Å². The lowest BCUT2D eigenvalue weighted by atomic mass is 9.82. The van der Waals surface area contributed by atoms with Gasteiger partial charge >= 0.3 is 11.9 Å². The Morgan fingerprint density at radius 3 is 2.38 bits per heavy atom. The lowest BCUT2D eigenvalue weighted by molar-refractivity contribution is -0.169. The first-order valence-corrected chi connectivity index (χ1v) is 10.6. The third-order valence-corrected chi connectivity index (χ3v) is 6.08. The first kappa shape index (κ1) is 23.6. The van der Waals surface area contributed by atoms with Crippen LogP contribution in [0.2, 0.25) is 0 Å². The van der Waals surface area contributed by atoms with Crippen molar-refractivity contribution in [3.8, 4) is 11.5 Å². The second kappa shape index (κ2) is 8.34. The van der Waals surface area contributed by atoms with Gasteiger partial charge in [-0.15, -0.1) is 0 Å². The monoisotopic (exact) mass is 470 g/mol. The Hall–Kier alpha value is -3.56. The summed E-state index contributed by atoms with van der Waals surface area (Å²) < 4.78 is 21.9. The minimum absolute atomic E-state index is 0.0247. The van der Waals surface area contributed by atoms with E-state index in [9.17, 15) is 24.9 Å². The first-order valence-electron chi connectivity index (χ1n) is 10.6. The normalized spacial score (nSPS) is 24.0. The second-order valence-corrected chi connectivity index (χ2v) is 8.88. The molecule has 4 rings (SSSR count). The quantitative estimate of drug-likeness (QED) is 0.545. The van der Waals surface area contributed by atoms with Crippen LogP contribution in [0.5, 0.6) is 11.5 Å². The van der Waals surface area contributed by atoms with Gasteiger partial charge in [-0.25, -0.2) is 9.59 Å². The molecule has 9 nitrogen and oxygen atoms in total. The van der Waals surface area contributed by atoms with Gasteiger partial charge in [0.25, 0.3) is 0 Å². The van der Waals surface area contributed by atoms with Crippen LogP contribution in [0.25, 0.3) is 5.57 Å². The number of esters is 2. The van der Waals surface area contributed by atoms with E-state index in [0.717, 1.165) is 7.11 Å². The molecule has 0 fully saturated rings. The second-order valence-electron chi connectivity index (χ2n) is 8.88. The maximum Gasteiger partial charge on any atom is 0.375 e. The number of phenolic OH excluding ortho intramolecular Hbond substituents is 1. The zero-order valence-corrected chi connectivity index (χ0v) is 19.2. The van der Waals surface area contributed by atoms with Crippen molar-refractivity contribution >= 4 is 17.5 Å². The Balaban J connectivity index is 1.79. The highest BCUT2D eigenvalue weighted by Crippen LogP contribution is 2.46. The van der Waals surface area contributed by atoms with E-state index in [-0.39, 0.29) is 17.7 Å². The number of ether oxygens (including phenoxy) is 4. The van der Waals surface area contributed by atoms with E-state index in [4.69, 9.17) is 18.9 Å². The van der Waals surface area contributed by atoms with Gasteiger partial charge in [0, 0.05) is 19.1 Å². The van der Waals surface area contributed by atoms with Gasteiger partial charge < -0.3 is 34.3 Å². The minimum Gasteiger partial charge on any atom is -0.508 e. The van der Waals surface area contributed by atoms with E-state index >= 15 is 0 Å². The Kier molecular flexibility index (Phi) is 5.79. The molecule has 3 atom stereocenters. The average Bonchev–Trinajstić information content (AvgIpc) is 3.29. The Bertz CT molecular complexity index is 1160. The highest BCUT2D eigenvalue weighted by molar-refractivity contribution is 6.11. The molecule has 2 aromatic carbocycles. The smallest absolute Gasteiger partial charge is 0.375 e. The van der Waals surface area contributed by atoms with Crippen molar-refractivity contribution in [2.75, 3.05) is 14.2 Å². The molecular formula is C25H26O9. The number of phenols is 1. The Morgan fingerprint density at radius 2 is 1.79 bits per heavy atom. The number of hydrogen-bond donors (Lipinski definition) is 3. The van der Waals surface area contributed by atoms with E-state index in [1.165, 1.54) is 31.4 Å². The number of aliphatic hydroxyl groups excluding tert-OH is 1. The number of hydrogen-bond acceptors (Lipinski definition) is 9. The Labute approximate surface area is 196 Å². The van der Waals surface area contributed by atoms with E-state index in [2.05, 4.69) is 0 Å². The van der Waals surface area contributed by atoms with Gasteiger partial charge in [-0.1, -0.05) is 18.2 Å². The van der Waals surface area contributed by atoms with Gasteiger partial charge in [-0.2, -0.15) is 0 Å². The molecule has 0 saturated heterocycles. The molecule has 2 heterocycles. The van der Waals surface area contributed by atoms with Crippen LogP contribution in [-0.2, 0) is 30.2 Å². The van der Waals surface area contributed by atoms with Crippen molar-refractivity contribution in [3.63, 3.8) is 0 Å². The number of carbonyl (C=O) groups excluding carboxylic acids is 2. The lowest BCUT2D eigenvalue weighted by Crippen LogP contribution is -2.44. The third kappa shape index (κ3) is 3.76. The van der Waals surface area contributed by atoms with Crippen molar-refractivity contribution in [2.24, 2.45) is 0 Å². The molecule has 0 saturated carbocycles. The van der Waals surface area contributed by atoms with Gasteiger partial charge in [-0.3, -0.25) is 0 Å². The molecule has 0 radical (unpaired) electrons. The van der Waals surface area contributed by atoms with Gasteiger partial charge in [0.15, 0.2) is 6.10 Å². The number of rotatable bonds is 6. The van der Waals surface area contributed by atoms with Crippen LogP contribution in [0.15, 0.2) is 48.2 Å². The van der Waals surface area contributed by atoms with Crippen molar-refractivity contribution in [1.82, 2.24) is 0 Å². The standard InChI is InChI=1S/C25H26O9/c1-24(2,30)21-20(31-3)16-11-13(5-10-17(16)33-21)12-25(23(29)32-4)18(19(27)22(28)34-25)14-6-8-15(26)9-7-14/h5-11,20-21,26-27,30H,12H2,1-4H3/t20-,21-,25-/m1/s1. The molecule has 2 aliphatic rings. The molecule has 0 spiro atoms. The number of cyclic esters (lactones) is 1. The molecule has 0 aliphatic carbocycles. The van der Waals surface area contributed by atoms with Crippen molar-refractivity contribution < 1.29 is 43.9 Å². The maximum absolute atomic E-state index is 13.0. The van der Waals surface area contributed by atoms with Crippen molar-refractivity contribution in [3.05, 3.63) is 64.9 Å². The summed E-state index contributed by atoms with van der Waals surface area (Å²) in [5.74, 6) is -2.14. The predicted octanol–water partition coefficient (Wildman–Crippen LogP) is 2.59. The number of carbonyl (C=O) groups is 2. The summed E-state index contributed by atoms with van der Waals surface area (Å²) in [4.78, 5) is 25.5. The summed E-state index contributed by atoms with van der Waals surface area (Å²) in [5.41, 5.74) is -1.65. The molecule has 0 bridgehead atoms. The van der Waals surface area contributed by atoms with Gasteiger partial charge in [0.05, 0.1) is 18.3 Å². The molecule has 2 aromatic rings. The van der Waals surface area contributed by atoms with E-state index < -0.39 is 41.1 Å². The SMILES string of the molecule is COC(=O)[C@]1(Cc2ccc3c(c2)[C@@H](OC)[C@H](C(C)(C)O)O3)OC(=O)C(O)=C1c1ccc(O)cc1. The number of benzene rings is 2. The summed E-state index contributed by atoms with van der Waals surface area (Å²) in [6, 6.07) is 10.8. The molecular weight excluding hydrogens is 444 g/mol. The zero-order valence-electron chi connectivity index (χ0n) is 19.2. The molecule has 0 amide bonds. The fourth-order valence-corrected chi connectivity index (χ4v) is 4.51. The summed E-state index contributed by atoms with van der Waals surface area (Å²) in [6.07, 6.45) is -1.38. The molecule has 0 aromatic heterocycles. The molecule has 180 valence electrons. The number of aliphatic hydroxyl groups is 2. The molecule has 0 unspecified atom stereocenters. The third-order valence-electron chi connectivity index (χ3n) is 6.08. The topological polar surface area (TPSA) is 132 Å². The Morgan fingerprint density at radius 1 is 1.12 bits per heavy atom. The lowest BCUT2D eigenvalue weighted by Gasteiger charge is -2.29. The van der Waals surface area contributed by atoms with Crippen LogP contribution in [0.4, 0.5) is 0 Å². The first-order chi connectivity index (χ1) is 16.0. The molecule has 9 heteroatoms. The van der Waals surface area contributed by atoms with Crippen LogP contribution in [-0.4, -0.2) is 58.8 Å². The fourth-order valence-electron chi connectivity index (χ4n) is 4.51. The fraction of sp³-hybridized carbons (Fsp3) is 0.360. The van der Waals surface area contributed by atoms with E-state index in [1.807, 2.05) is 0 Å². The predicted molar refractivity (Wildman–Crippen MR) is 119 cm³/mol. The van der Waals surface area contributed by atoms with Gasteiger partial charge in [0.1, 0.15) is 17.6 Å². The summed E-state index contributed by atoms with van der Waals surface area (Å²) in [6.45, 7) is 3.25. The van der Waals surface area contributed by atoms with E-state index in [0.29, 0.717) is 22.4 Å². The largest absolute Gasteiger partial charge is 0.508 e.